The third kappa shape index (κ3) is 3.88. The van der Waals surface area contributed by atoms with Crippen molar-refractivity contribution in [3.8, 4) is 0 Å². The fourth-order valence-corrected chi connectivity index (χ4v) is 4.89. The number of aryl methyl sites for hydroxylation is 1. The number of benzene rings is 1. The molecule has 2 fully saturated rings. The number of nitrogens with zero attached hydrogens (tertiary/aromatic N) is 1. The van der Waals surface area contributed by atoms with Gasteiger partial charge in [-0.15, -0.1) is 11.8 Å². The third-order valence-corrected chi connectivity index (χ3v) is 6.69. The van der Waals surface area contributed by atoms with E-state index in [4.69, 9.17) is 15.0 Å². The number of carbonyl (C=O) groups is 2. The van der Waals surface area contributed by atoms with Crippen LogP contribution in [0.15, 0.2) is 29.2 Å². The van der Waals surface area contributed by atoms with Crippen LogP contribution >= 0.6 is 11.8 Å². The Morgan fingerprint density at radius 2 is 1.85 bits per heavy atom. The molecular weight excluding hydrogens is 380 g/mol. The molecule has 1 aromatic rings. The quantitative estimate of drug-likeness (QED) is 0.422. The molecule has 1 aromatic carbocycles. The van der Waals surface area contributed by atoms with Gasteiger partial charge in [0.05, 0.1) is 12.0 Å². The van der Waals surface area contributed by atoms with Gasteiger partial charge in [0.1, 0.15) is 17.5 Å². The zero-order chi connectivity index (χ0) is 19.9. The topological polar surface area (TPSA) is 127 Å². The van der Waals surface area contributed by atoms with Crippen molar-refractivity contribution in [2.24, 2.45) is 5.73 Å². The van der Waals surface area contributed by atoms with Crippen LogP contribution < -0.4 is 5.73 Å². The first-order valence-electron chi connectivity index (χ1n) is 7.77. The number of rotatable bonds is 2. The summed E-state index contributed by atoms with van der Waals surface area (Å²) in [6.45, 7) is 5.70. The number of carbonyl (C=O) groups excluding carboxylic acids is 2. The van der Waals surface area contributed by atoms with Crippen LogP contribution in [0.1, 0.15) is 19.4 Å². The van der Waals surface area contributed by atoms with Crippen molar-refractivity contribution in [3.05, 3.63) is 29.8 Å². The van der Waals surface area contributed by atoms with E-state index in [0.29, 0.717) is 0 Å². The Bertz CT molecular complexity index is 807. The molecule has 0 aromatic heterocycles. The third-order valence-electron chi connectivity index (χ3n) is 4.23. The second kappa shape index (κ2) is 7.18. The van der Waals surface area contributed by atoms with Gasteiger partial charge in [0.2, 0.25) is 5.91 Å². The molecular formula is C16H22N2O6S2. The Kier molecular flexibility index (Phi) is 5.71. The molecule has 0 saturated carbocycles. The number of methoxy groups -OCH3 is 1. The molecule has 0 aliphatic carbocycles. The first-order chi connectivity index (χ1) is 11.9. The average molecular weight is 402 g/mol. The van der Waals surface area contributed by atoms with Crippen molar-refractivity contribution >= 4 is 33.8 Å². The van der Waals surface area contributed by atoms with E-state index in [-0.39, 0.29) is 26.9 Å². The molecule has 2 saturated heterocycles. The molecule has 0 radical (unpaired) electrons. The van der Waals surface area contributed by atoms with Crippen molar-refractivity contribution in [2.45, 2.75) is 47.9 Å². The molecule has 10 heteroatoms. The predicted molar refractivity (Wildman–Crippen MR) is 97.1 cm³/mol. The zero-order valence-electron chi connectivity index (χ0n) is 14.9. The van der Waals surface area contributed by atoms with Gasteiger partial charge in [-0.2, -0.15) is 8.42 Å². The van der Waals surface area contributed by atoms with E-state index in [9.17, 15) is 18.0 Å². The van der Waals surface area contributed by atoms with Gasteiger partial charge in [0.25, 0.3) is 10.1 Å². The van der Waals surface area contributed by atoms with E-state index in [1.165, 1.54) is 19.2 Å². The van der Waals surface area contributed by atoms with Gasteiger partial charge in [-0.05, 0) is 32.9 Å². The Morgan fingerprint density at radius 3 is 2.31 bits per heavy atom. The van der Waals surface area contributed by atoms with Crippen molar-refractivity contribution in [1.82, 2.24) is 4.90 Å². The van der Waals surface area contributed by atoms with Crippen molar-refractivity contribution in [1.29, 1.82) is 0 Å². The fourth-order valence-electron chi connectivity index (χ4n) is 2.84. The molecule has 2 heterocycles. The number of esters is 1. The van der Waals surface area contributed by atoms with Crippen LogP contribution in [-0.2, 0) is 24.4 Å². The van der Waals surface area contributed by atoms with E-state index in [2.05, 4.69) is 0 Å². The summed E-state index contributed by atoms with van der Waals surface area (Å²) in [6, 6.07) is 5.01. The van der Waals surface area contributed by atoms with E-state index in [0.717, 1.165) is 5.56 Å². The molecule has 3 atom stereocenters. The minimum atomic E-state index is -4.02. The Morgan fingerprint density at radius 1 is 1.31 bits per heavy atom. The number of hydrogen-bond donors (Lipinski definition) is 2. The van der Waals surface area contributed by atoms with Gasteiger partial charge >= 0.3 is 5.97 Å². The van der Waals surface area contributed by atoms with Gasteiger partial charge in [-0.25, -0.2) is 4.79 Å². The highest BCUT2D eigenvalue weighted by Gasteiger charge is 2.62. The van der Waals surface area contributed by atoms with Gasteiger partial charge in [-0.1, -0.05) is 17.7 Å². The van der Waals surface area contributed by atoms with Crippen molar-refractivity contribution in [2.75, 3.05) is 7.11 Å². The number of hydrogen-bond acceptors (Lipinski definition) is 7. The molecule has 0 spiro atoms. The number of thioether (sulfide) groups is 1. The van der Waals surface area contributed by atoms with E-state index >= 15 is 0 Å². The molecule has 1 amide bonds. The fraction of sp³-hybridized carbons (Fsp3) is 0.500. The second-order valence-corrected chi connectivity index (χ2v) is 9.79. The van der Waals surface area contributed by atoms with Gasteiger partial charge in [0, 0.05) is 4.75 Å². The summed E-state index contributed by atoms with van der Waals surface area (Å²) in [6.07, 6.45) is 0. The number of ether oxygens (including phenoxy) is 1. The molecule has 3 rings (SSSR count). The summed E-state index contributed by atoms with van der Waals surface area (Å²) in [5.74, 6) is -0.524. The number of fused-ring (bicyclic) bond motifs is 1. The zero-order valence-corrected chi connectivity index (χ0v) is 16.5. The maximum Gasteiger partial charge on any atom is 0.330 e. The lowest BCUT2D eigenvalue weighted by molar-refractivity contribution is -0.160. The minimum Gasteiger partial charge on any atom is -0.467 e. The lowest BCUT2D eigenvalue weighted by Crippen LogP contribution is -2.68. The normalized spacial score (nSPS) is 26.3. The van der Waals surface area contributed by atoms with Gasteiger partial charge in [0.15, 0.2) is 0 Å². The molecule has 8 nitrogen and oxygen atoms in total. The Labute approximate surface area is 156 Å². The summed E-state index contributed by atoms with van der Waals surface area (Å²) < 4.78 is 33.9. The highest BCUT2D eigenvalue weighted by molar-refractivity contribution is 8.01. The molecule has 144 valence electrons. The largest absolute Gasteiger partial charge is 0.467 e. The lowest BCUT2D eigenvalue weighted by Gasteiger charge is -2.41. The van der Waals surface area contributed by atoms with Crippen LogP contribution in [0.2, 0.25) is 0 Å². The van der Waals surface area contributed by atoms with Crippen LogP contribution in [0.5, 0.6) is 0 Å². The highest BCUT2D eigenvalue weighted by Crippen LogP contribution is 2.50. The monoisotopic (exact) mass is 402 g/mol. The van der Waals surface area contributed by atoms with Gasteiger partial charge < -0.3 is 15.4 Å². The standard InChI is InChI=1S/C9H14N2O3S.C7H8O3S/c1-9(2)5(8(13)14-3)11-6(12)4(10)7(11)15-9;1-6-2-4-7(5-3-6)11(8,9)10/h4-5,7H,10H2,1-3H3;2-5H,1H3,(H,8,9,10)/t4-,5+,7-;/m1./s1. The summed E-state index contributed by atoms with van der Waals surface area (Å²) >= 11 is 1.56. The van der Waals surface area contributed by atoms with Crippen LogP contribution in [0.3, 0.4) is 0 Å². The molecule has 2 aliphatic rings. The first kappa shape index (κ1) is 20.7. The van der Waals surface area contributed by atoms with Crippen LogP contribution in [0.25, 0.3) is 0 Å². The molecule has 0 unspecified atom stereocenters. The van der Waals surface area contributed by atoms with Crippen LogP contribution in [0, 0.1) is 6.92 Å². The molecule has 3 N–H and O–H groups in total. The Balaban J connectivity index is 0.000000197. The van der Waals surface area contributed by atoms with Crippen LogP contribution in [-0.4, -0.2) is 59.1 Å². The van der Waals surface area contributed by atoms with E-state index in [1.54, 1.807) is 28.8 Å². The van der Waals surface area contributed by atoms with Gasteiger partial charge in [-0.3, -0.25) is 9.35 Å². The van der Waals surface area contributed by atoms with Crippen molar-refractivity contribution < 1.29 is 27.3 Å². The summed E-state index contributed by atoms with van der Waals surface area (Å²) in [7, 11) is -2.69. The maximum atomic E-state index is 11.6. The second-order valence-electron chi connectivity index (χ2n) is 6.60. The predicted octanol–water partition coefficient (Wildman–Crippen LogP) is 0.791. The first-order valence-corrected chi connectivity index (χ1v) is 10.1. The van der Waals surface area contributed by atoms with Crippen molar-refractivity contribution in [3.63, 3.8) is 0 Å². The lowest BCUT2D eigenvalue weighted by atomic mass is 9.96. The average Bonchev–Trinajstić information content (AvgIpc) is 2.82. The van der Waals surface area contributed by atoms with E-state index in [1.807, 2.05) is 20.8 Å². The number of β-lactam (4-membered cyclic amide) rings is 1. The molecule has 0 bridgehead atoms. The van der Waals surface area contributed by atoms with Crippen LogP contribution in [0.4, 0.5) is 0 Å². The SMILES string of the molecule is COC(=O)[C@@H]1N2C(=O)[C@@H](N)[C@H]2SC1(C)C.Cc1ccc(S(=O)(=O)O)cc1. The summed E-state index contributed by atoms with van der Waals surface area (Å²) in [5.41, 5.74) is 6.62. The number of amides is 1. The maximum absolute atomic E-state index is 11.6. The summed E-state index contributed by atoms with van der Waals surface area (Å²) in [4.78, 5) is 24.6. The molecule has 2 aliphatic heterocycles. The smallest absolute Gasteiger partial charge is 0.330 e. The molecule has 26 heavy (non-hydrogen) atoms. The van der Waals surface area contributed by atoms with E-state index < -0.39 is 22.2 Å². The minimum absolute atomic E-state index is 0.0666. The highest BCUT2D eigenvalue weighted by atomic mass is 32.2. The summed E-state index contributed by atoms with van der Waals surface area (Å²) in [5, 5.41) is -0.0726. The number of nitrogens with two attached hydrogens (primary N) is 1. The Hall–Kier alpha value is -1.62.